The first-order valence-electron chi connectivity index (χ1n) is 6.24. The van der Waals surface area contributed by atoms with Gasteiger partial charge in [-0.1, -0.05) is 26.0 Å². The van der Waals surface area contributed by atoms with Crippen LogP contribution in [0.1, 0.15) is 18.7 Å². The molecule has 0 aliphatic heterocycles. The summed E-state index contributed by atoms with van der Waals surface area (Å²) in [5, 5.41) is 9.83. The number of pyridine rings is 1. The standard InChI is InChI=1S/C14H16N4S/c1-14(2,11-6-5-9-19-11)10-15-13-16-12-7-3-4-8-18(12)17-13/h3-9H,10H2,1-2H3,(H,15,17). The van der Waals surface area contributed by atoms with E-state index in [1.165, 1.54) is 4.88 Å². The van der Waals surface area contributed by atoms with Gasteiger partial charge in [-0.2, -0.15) is 4.98 Å². The van der Waals surface area contributed by atoms with Crippen molar-refractivity contribution in [3.05, 3.63) is 46.8 Å². The fraction of sp³-hybridized carbons (Fsp3) is 0.286. The van der Waals surface area contributed by atoms with E-state index in [2.05, 4.69) is 46.8 Å². The van der Waals surface area contributed by atoms with E-state index in [9.17, 15) is 0 Å². The van der Waals surface area contributed by atoms with Crippen molar-refractivity contribution in [1.82, 2.24) is 14.6 Å². The number of hydrogen-bond acceptors (Lipinski definition) is 4. The molecule has 3 heterocycles. The predicted octanol–water partition coefficient (Wildman–Crippen LogP) is 3.18. The van der Waals surface area contributed by atoms with Crippen molar-refractivity contribution < 1.29 is 0 Å². The molecule has 0 saturated carbocycles. The van der Waals surface area contributed by atoms with Crippen LogP contribution in [0.2, 0.25) is 0 Å². The maximum Gasteiger partial charge on any atom is 0.243 e. The maximum absolute atomic E-state index is 4.44. The van der Waals surface area contributed by atoms with Gasteiger partial charge in [0.15, 0.2) is 5.65 Å². The first-order chi connectivity index (χ1) is 9.15. The SMILES string of the molecule is CC(C)(CNc1nc2ccccn2n1)c1cccs1. The number of nitrogens with one attached hydrogen (secondary N) is 1. The third-order valence-electron chi connectivity index (χ3n) is 3.12. The molecule has 0 amide bonds. The van der Waals surface area contributed by atoms with Gasteiger partial charge in [-0.15, -0.1) is 16.4 Å². The molecule has 0 spiro atoms. The van der Waals surface area contributed by atoms with Crippen LogP contribution in [0.4, 0.5) is 5.95 Å². The van der Waals surface area contributed by atoms with E-state index >= 15 is 0 Å². The van der Waals surface area contributed by atoms with Gasteiger partial charge >= 0.3 is 0 Å². The third-order valence-corrected chi connectivity index (χ3v) is 4.35. The Morgan fingerprint density at radius 2 is 2.16 bits per heavy atom. The maximum atomic E-state index is 4.44. The molecule has 0 atom stereocenters. The Labute approximate surface area is 116 Å². The Morgan fingerprint density at radius 1 is 1.26 bits per heavy atom. The first kappa shape index (κ1) is 12.2. The molecule has 0 radical (unpaired) electrons. The van der Waals surface area contributed by atoms with Crippen LogP contribution < -0.4 is 5.32 Å². The largest absolute Gasteiger partial charge is 0.352 e. The van der Waals surface area contributed by atoms with Crippen molar-refractivity contribution in [2.24, 2.45) is 0 Å². The van der Waals surface area contributed by atoms with Gasteiger partial charge in [0.25, 0.3) is 0 Å². The second-order valence-electron chi connectivity index (χ2n) is 5.15. The molecule has 0 aromatic carbocycles. The topological polar surface area (TPSA) is 42.2 Å². The fourth-order valence-corrected chi connectivity index (χ4v) is 2.81. The molecule has 0 aliphatic carbocycles. The van der Waals surface area contributed by atoms with Gasteiger partial charge in [-0.25, -0.2) is 4.52 Å². The molecule has 0 bridgehead atoms. The molecule has 19 heavy (non-hydrogen) atoms. The third kappa shape index (κ3) is 2.46. The molecule has 98 valence electrons. The average molecular weight is 272 g/mol. The fourth-order valence-electron chi connectivity index (χ4n) is 1.96. The quantitative estimate of drug-likeness (QED) is 0.793. The van der Waals surface area contributed by atoms with Crippen LogP contribution in [0.3, 0.4) is 0 Å². The summed E-state index contributed by atoms with van der Waals surface area (Å²) < 4.78 is 1.78. The molecule has 0 unspecified atom stereocenters. The molecule has 4 nitrogen and oxygen atoms in total. The highest BCUT2D eigenvalue weighted by Crippen LogP contribution is 2.27. The average Bonchev–Trinajstić information content (AvgIpc) is 3.05. The monoisotopic (exact) mass is 272 g/mol. The lowest BCUT2D eigenvalue weighted by molar-refractivity contribution is 0.567. The highest BCUT2D eigenvalue weighted by Gasteiger charge is 2.22. The molecule has 0 fully saturated rings. The van der Waals surface area contributed by atoms with E-state index in [0.29, 0.717) is 5.95 Å². The Balaban J connectivity index is 1.75. The Bertz CT molecular complexity index is 637. The van der Waals surface area contributed by atoms with Crippen LogP contribution in [0.5, 0.6) is 0 Å². The molecule has 3 aromatic rings. The van der Waals surface area contributed by atoms with Gasteiger partial charge in [-0.3, -0.25) is 0 Å². The van der Waals surface area contributed by atoms with Crippen LogP contribution in [-0.2, 0) is 5.41 Å². The zero-order valence-corrected chi connectivity index (χ0v) is 11.8. The normalized spacial score (nSPS) is 11.9. The van der Waals surface area contributed by atoms with Crippen molar-refractivity contribution in [3.63, 3.8) is 0 Å². The highest BCUT2D eigenvalue weighted by atomic mass is 32.1. The van der Waals surface area contributed by atoms with E-state index in [-0.39, 0.29) is 5.41 Å². The number of nitrogens with zero attached hydrogens (tertiary/aromatic N) is 3. The summed E-state index contributed by atoms with van der Waals surface area (Å²) in [6.07, 6.45) is 1.90. The molecule has 5 heteroatoms. The van der Waals surface area contributed by atoms with Crippen molar-refractivity contribution in [1.29, 1.82) is 0 Å². The second-order valence-corrected chi connectivity index (χ2v) is 6.10. The summed E-state index contributed by atoms with van der Waals surface area (Å²) in [4.78, 5) is 5.81. The van der Waals surface area contributed by atoms with Crippen molar-refractivity contribution in [2.45, 2.75) is 19.3 Å². The number of aromatic nitrogens is 3. The van der Waals surface area contributed by atoms with E-state index in [0.717, 1.165) is 12.2 Å². The number of rotatable bonds is 4. The summed E-state index contributed by atoms with van der Waals surface area (Å²) in [6.45, 7) is 5.26. The van der Waals surface area contributed by atoms with Gasteiger partial charge in [0.05, 0.1) is 0 Å². The van der Waals surface area contributed by atoms with E-state index in [1.807, 2.05) is 24.4 Å². The smallest absolute Gasteiger partial charge is 0.243 e. The minimum atomic E-state index is 0.0750. The van der Waals surface area contributed by atoms with Crippen LogP contribution in [-0.4, -0.2) is 21.1 Å². The number of hydrogen-bond donors (Lipinski definition) is 1. The summed E-state index contributed by atoms with van der Waals surface area (Å²) >= 11 is 1.78. The summed E-state index contributed by atoms with van der Waals surface area (Å²) in [5.74, 6) is 0.677. The molecule has 0 aliphatic rings. The summed E-state index contributed by atoms with van der Waals surface area (Å²) in [5.41, 5.74) is 0.935. The van der Waals surface area contributed by atoms with Gasteiger partial charge in [0.2, 0.25) is 5.95 Å². The zero-order chi connectivity index (χ0) is 13.3. The molecule has 1 N–H and O–H groups in total. The van der Waals surface area contributed by atoms with E-state index in [4.69, 9.17) is 0 Å². The second kappa shape index (κ2) is 4.66. The van der Waals surface area contributed by atoms with Gasteiger partial charge in [0.1, 0.15) is 0 Å². The molecule has 3 rings (SSSR count). The zero-order valence-electron chi connectivity index (χ0n) is 11.0. The van der Waals surface area contributed by atoms with Crippen molar-refractivity contribution in [3.8, 4) is 0 Å². The van der Waals surface area contributed by atoms with E-state index in [1.54, 1.807) is 15.9 Å². The van der Waals surface area contributed by atoms with Gasteiger partial charge in [0, 0.05) is 23.0 Å². The summed E-state index contributed by atoms with van der Waals surface area (Å²) in [7, 11) is 0. The minimum Gasteiger partial charge on any atom is -0.352 e. The highest BCUT2D eigenvalue weighted by molar-refractivity contribution is 7.10. The molecular formula is C14H16N4S. The number of thiophene rings is 1. The number of anilines is 1. The van der Waals surface area contributed by atoms with Crippen molar-refractivity contribution in [2.75, 3.05) is 11.9 Å². The molecule has 0 saturated heterocycles. The first-order valence-corrected chi connectivity index (χ1v) is 7.12. The van der Waals surface area contributed by atoms with Crippen LogP contribution in [0, 0.1) is 0 Å². The summed E-state index contributed by atoms with van der Waals surface area (Å²) in [6, 6.07) is 10.1. The number of fused-ring (bicyclic) bond motifs is 1. The lowest BCUT2D eigenvalue weighted by Crippen LogP contribution is -2.26. The van der Waals surface area contributed by atoms with Crippen LogP contribution >= 0.6 is 11.3 Å². The van der Waals surface area contributed by atoms with Gasteiger partial charge < -0.3 is 5.32 Å². The minimum absolute atomic E-state index is 0.0750. The lowest BCUT2D eigenvalue weighted by Gasteiger charge is -2.23. The van der Waals surface area contributed by atoms with Crippen LogP contribution in [0.25, 0.3) is 5.65 Å². The lowest BCUT2D eigenvalue weighted by atomic mass is 9.91. The Morgan fingerprint density at radius 3 is 2.89 bits per heavy atom. The predicted molar refractivity (Wildman–Crippen MR) is 78.8 cm³/mol. The van der Waals surface area contributed by atoms with E-state index < -0.39 is 0 Å². The van der Waals surface area contributed by atoms with Crippen LogP contribution in [0.15, 0.2) is 41.9 Å². The molecular weight excluding hydrogens is 256 g/mol. The van der Waals surface area contributed by atoms with Gasteiger partial charge in [-0.05, 0) is 23.6 Å². The van der Waals surface area contributed by atoms with Crippen molar-refractivity contribution >= 4 is 22.9 Å². The Kier molecular flexibility index (Phi) is 2.98. The Hall–Kier alpha value is -1.88. The molecule has 3 aromatic heterocycles.